The van der Waals surface area contributed by atoms with Crippen LogP contribution in [0.25, 0.3) is 22.3 Å². The smallest absolute Gasteiger partial charge is 0.255 e. The minimum atomic E-state index is -0.424. The number of anilines is 1. The van der Waals surface area contributed by atoms with Crippen molar-refractivity contribution in [1.82, 2.24) is 35.5 Å². The molecule has 0 radical (unpaired) electrons. The first-order valence-corrected chi connectivity index (χ1v) is 11.3. The van der Waals surface area contributed by atoms with Crippen molar-refractivity contribution in [3.8, 4) is 17.3 Å². The molecule has 37 heavy (non-hydrogen) atoms. The number of benzene rings is 1. The van der Waals surface area contributed by atoms with Crippen LogP contribution in [0.3, 0.4) is 0 Å². The van der Waals surface area contributed by atoms with Gasteiger partial charge < -0.3 is 10.6 Å². The summed E-state index contributed by atoms with van der Waals surface area (Å²) >= 11 is 0. The number of hydrogen-bond acceptors (Lipinski definition) is 8. The number of halogens is 1. The number of nitrogens with zero attached hydrogens (tertiary/aromatic N) is 6. The van der Waals surface area contributed by atoms with Crippen molar-refractivity contribution >= 4 is 22.8 Å². The van der Waals surface area contributed by atoms with Crippen LogP contribution in [0.2, 0.25) is 0 Å². The van der Waals surface area contributed by atoms with E-state index in [1.165, 1.54) is 24.4 Å². The molecular formula is C26H20FN9O. The number of nitriles is 1. The number of pyridine rings is 2. The molecule has 0 fully saturated rings. The molecule has 4 heterocycles. The fraction of sp³-hybridized carbons (Fsp3) is 0.115. The van der Waals surface area contributed by atoms with Gasteiger partial charge in [-0.15, -0.1) is 0 Å². The lowest BCUT2D eigenvalue weighted by Crippen LogP contribution is -2.28. The Kier molecular flexibility index (Phi) is 6.46. The zero-order valence-corrected chi connectivity index (χ0v) is 19.6. The molecule has 0 aliphatic heterocycles. The first-order valence-electron chi connectivity index (χ1n) is 11.3. The molecule has 0 saturated heterocycles. The number of H-pyrrole nitrogens is 1. The number of hydrogen-bond donors (Lipinski definition) is 3. The quantitative estimate of drug-likeness (QED) is 0.309. The molecule has 1 aromatic carbocycles. The van der Waals surface area contributed by atoms with Crippen molar-refractivity contribution in [1.29, 1.82) is 5.26 Å². The van der Waals surface area contributed by atoms with Crippen LogP contribution in [-0.2, 0) is 6.54 Å². The van der Waals surface area contributed by atoms with Crippen LogP contribution >= 0.6 is 0 Å². The van der Waals surface area contributed by atoms with Gasteiger partial charge in [0.25, 0.3) is 5.91 Å². The van der Waals surface area contributed by atoms with Gasteiger partial charge >= 0.3 is 0 Å². The lowest BCUT2D eigenvalue weighted by molar-refractivity contribution is 0.0940. The molecule has 1 amide bonds. The Balaban J connectivity index is 1.30. The zero-order chi connectivity index (χ0) is 25.8. The van der Waals surface area contributed by atoms with E-state index >= 15 is 0 Å². The molecule has 1 atom stereocenters. The van der Waals surface area contributed by atoms with Crippen LogP contribution in [0.1, 0.15) is 40.1 Å². The molecule has 4 aromatic heterocycles. The van der Waals surface area contributed by atoms with Crippen molar-refractivity contribution in [2.75, 3.05) is 5.32 Å². The maximum Gasteiger partial charge on any atom is 0.255 e. The summed E-state index contributed by atoms with van der Waals surface area (Å²) in [6.07, 6.45) is 8.04. The summed E-state index contributed by atoms with van der Waals surface area (Å²) < 4.78 is 13.2. The van der Waals surface area contributed by atoms with Gasteiger partial charge in [-0.25, -0.2) is 14.4 Å². The van der Waals surface area contributed by atoms with Gasteiger partial charge in [-0.1, -0.05) is 12.1 Å². The average molecular weight is 494 g/mol. The molecule has 0 bridgehead atoms. The van der Waals surface area contributed by atoms with Crippen LogP contribution < -0.4 is 10.6 Å². The minimum Gasteiger partial charge on any atom is -0.364 e. The Morgan fingerprint density at radius 2 is 1.89 bits per heavy atom. The summed E-state index contributed by atoms with van der Waals surface area (Å²) in [4.78, 5) is 30.6. The molecule has 0 saturated carbocycles. The summed E-state index contributed by atoms with van der Waals surface area (Å²) in [5.74, 6) is -0.484. The lowest BCUT2D eigenvalue weighted by Gasteiger charge is -2.16. The number of nitrogens with one attached hydrogen (secondary N) is 3. The third kappa shape index (κ3) is 5.23. The molecule has 5 rings (SSSR count). The number of amides is 1. The zero-order valence-electron chi connectivity index (χ0n) is 19.6. The number of fused-ring (bicyclic) bond motifs is 1. The van der Waals surface area contributed by atoms with E-state index in [9.17, 15) is 14.4 Å². The monoisotopic (exact) mass is 493 g/mol. The standard InChI is InChI=1S/C26H20FN9O/c1-15(17-2-4-20(27)5-3-17)35-26(37)22-6-16(8-28)9-31-25(22)33-13-21-12-30-23(14-29-21)18-7-19-11-34-36-24(19)32-10-18/h2-7,9-12,14-15H,13H2,1H3,(H,31,33)(H,35,37)(H,32,34,36)/t15-/m0/s1. The maximum absolute atomic E-state index is 13.2. The molecule has 0 aliphatic rings. The Hall–Kier alpha value is -5.24. The van der Waals surface area contributed by atoms with Gasteiger partial charge in [-0.2, -0.15) is 10.4 Å². The highest BCUT2D eigenvalue weighted by Crippen LogP contribution is 2.21. The minimum absolute atomic E-state index is 0.206. The van der Waals surface area contributed by atoms with Gasteiger partial charge in [0.05, 0.1) is 53.7 Å². The summed E-state index contributed by atoms with van der Waals surface area (Å²) in [6, 6.07) is 10.9. The van der Waals surface area contributed by atoms with Gasteiger partial charge in [0.15, 0.2) is 5.65 Å². The number of rotatable bonds is 7. The van der Waals surface area contributed by atoms with Crippen molar-refractivity contribution in [2.24, 2.45) is 0 Å². The fourth-order valence-corrected chi connectivity index (χ4v) is 3.70. The average Bonchev–Trinajstić information content (AvgIpc) is 3.40. The van der Waals surface area contributed by atoms with Crippen LogP contribution in [0.5, 0.6) is 0 Å². The first-order chi connectivity index (χ1) is 18.0. The van der Waals surface area contributed by atoms with Crippen molar-refractivity contribution in [2.45, 2.75) is 19.5 Å². The Bertz CT molecular complexity index is 1610. The predicted octanol–water partition coefficient (Wildman–Crippen LogP) is 3.92. The summed E-state index contributed by atoms with van der Waals surface area (Å²) in [5, 5.41) is 22.9. The van der Waals surface area contributed by atoms with Crippen LogP contribution in [0, 0.1) is 17.1 Å². The molecule has 11 heteroatoms. The van der Waals surface area contributed by atoms with E-state index in [-0.39, 0.29) is 29.5 Å². The second-order valence-corrected chi connectivity index (χ2v) is 8.26. The summed E-state index contributed by atoms with van der Waals surface area (Å²) in [6.45, 7) is 2.04. The third-order valence-electron chi connectivity index (χ3n) is 5.71. The molecule has 10 nitrogen and oxygen atoms in total. The lowest BCUT2D eigenvalue weighted by atomic mass is 10.1. The van der Waals surface area contributed by atoms with Gasteiger partial charge in [-0.05, 0) is 36.8 Å². The highest BCUT2D eigenvalue weighted by Gasteiger charge is 2.17. The number of carbonyl (C=O) groups excluding carboxylic acids is 1. The number of aromatic nitrogens is 6. The topological polar surface area (TPSA) is 145 Å². The van der Waals surface area contributed by atoms with E-state index in [1.807, 2.05) is 12.1 Å². The van der Waals surface area contributed by atoms with E-state index in [0.717, 1.165) is 16.5 Å². The van der Waals surface area contributed by atoms with Crippen LogP contribution in [0.4, 0.5) is 10.2 Å². The molecular weight excluding hydrogens is 473 g/mol. The largest absolute Gasteiger partial charge is 0.364 e. The Morgan fingerprint density at radius 3 is 2.65 bits per heavy atom. The van der Waals surface area contributed by atoms with E-state index < -0.39 is 5.91 Å². The summed E-state index contributed by atoms with van der Waals surface area (Å²) in [7, 11) is 0. The van der Waals surface area contributed by atoms with Gasteiger partial charge in [0, 0.05) is 23.3 Å². The summed E-state index contributed by atoms with van der Waals surface area (Å²) in [5.41, 5.74) is 3.98. The highest BCUT2D eigenvalue weighted by molar-refractivity contribution is 5.99. The van der Waals surface area contributed by atoms with E-state index in [2.05, 4.69) is 40.8 Å². The van der Waals surface area contributed by atoms with Crippen molar-refractivity contribution < 1.29 is 9.18 Å². The van der Waals surface area contributed by atoms with E-state index in [0.29, 0.717) is 22.9 Å². The number of aromatic amines is 1. The fourth-order valence-electron chi connectivity index (χ4n) is 3.70. The SMILES string of the molecule is C[C@H](NC(=O)c1cc(C#N)cnc1NCc1cnc(-c2cnc3[nH]ncc3c2)cn1)c1ccc(F)cc1. The van der Waals surface area contributed by atoms with Crippen molar-refractivity contribution in [3.63, 3.8) is 0 Å². The molecule has 0 unspecified atom stereocenters. The van der Waals surface area contributed by atoms with E-state index in [4.69, 9.17) is 0 Å². The first kappa shape index (κ1) is 23.5. The molecule has 3 N–H and O–H groups in total. The van der Waals surface area contributed by atoms with Crippen molar-refractivity contribution in [3.05, 3.63) is 95.6 Å². The van der Waals surface area contributed by atoms with Gasteiger partial charge in [0.2, 0.25) is 0 Å². The van der Waals surface area contributed by atoms with Gasteiger partial charge in [-0.3, -0.25) is 19.9 Å². The second kappa shape index (κ2) is 10.2. The molecule has 5 aromatic rings. The molecule has 0 spiro atoms. The third-order valence-corrected chi connectivity index (χ3v) is 5.71. The second-order valence-electron chi connectivity index (χ2n) is 8.26. The van der Waals surface area contributed by atoms with Gasteiger partial charge in [0.1, 0.15) is 17.7 Å². The number of carbonyl (C=O) groups is 1. The highest BCUT2D eigenvalue weighted by atomic mass is 19.1. The normalized spacial score (nSPS) is 11.6. The molecule has 182 valence electrons. The van der Waals surface area contributed by atoms with Crippen LogP contribution in [0.15, 0.2) is 67.4 Å². The molecule has 0 aliphatic carbocycles. The van der Waals surface area contributed by atoms with E-state index in [1.54, 1.807) is 43.8 Å². The predicted molar refractivity (Wildman–Crippen MR) is 133 cm³/mol. The Morgan fingerprint density at radius 1 is 1.05 bits per heavy atom. The maximum atomic E-state index is 13.2. The Labute approximate surface area is 210 Å². The van der Waals surface area contributed by atoms with Crippen LogP contribution in [-0.4, -0.2) is 36.0 Å².